The van der Waals surface area contributed by atoms with Crippen LogP contribution >= 0.6 is 0 Å². The average molecular weight is 203 g/mol. The van der Waals surface area contributed by atoms with Gasteiger partial charge >= 0.3 is 12.5 Å². The maximum atomic E-state index is 10.0. The predicted molar refractivity (Wildman–Crippen MR) is 52.3 cm³/mol. The standard InChI is InChI=1S/C10H9N3O2/c14-7-15-10-11-9(12-13-10)6-8-4-2-1-3-5-8/h1-5,7H,6H2,(H,11,12,13). The van der Waals surface area contributed by atoms with Crippen molar-refractivity contribution in [1.29, 1.82) is 0 Å². The number of aromatic amines is 1. The van der Waals surface area contributed by atoms with Crippen molar-refractivity contribution >= 4 is 6.47 Å². The number of benzene rings is 1. The molecule has 0 radical (unpaired) electrons. The van der Waals surface area contributed by atoms with Crippen LogP contribution in [0, 0.1) is 0 Å². The summed E-state index contributed by atoms with van der Waals surface area (Å²) in [6.45, 7) is 0.301. The molecule has 2 aromatic rings. The summed E-state index contributed by atoms with van der Waals surface area (Å²) in [5.41, 5.74) is 1.12. The molecule has 5 heteroatoms. The summed E-state index contributed by atoms with van der Waals surface area (Å²) >= 11 is 0. The molecule has 15 heavy (non-hydrogen) atoms. The molecule has 1 aromatic heterocycles. The molecule has 5 nitrogen and oxygen atoms in total. The zero-order valence-electron chi connectivity index (χ0n) is 7.88. The second-order valence-electron chi connectivity index (χ2n) is 2.94. The van der Waals surface area contributed by atoms with Crippen LogP contribution in [0.4, 0.5) is 0 Å². The smallest absolute Gasteiger partial charge is 0.343 e. The normalized spacial score (nSPS) is 9.87. The third kappa shape index (κ3) is 2.40. The first-order valence-electron chi connectivity index (χ1n) is 4.44. The lowest BCUT2D eigenvalue weighted by molar-refractivity contribution is -0.121. The van der Waals surface area contributed by atoms with Crippen molar-refractivity contribution in [3.05, 3.63) is 41.7 Å². The molecule has 1 N–H and O–H groups in total. The first-order valence-corrected chi connectivity index (χ1v) is 4.44. The van der Waals surface area contributed by atoms with E-state index in [-0.39, 0.29) is 6.01 Å². The summed E-state index contributed by atoms with van der Waals surface area (Å²) in [6.07, 6.45) is 0.635. The Bertz CT molecular complexity index is 439. The van der Waals surface area contributed by atoms with E-state index in [4.69, 9.17) is 0 Å². The molecule has 0 aliphatic rings. The van der Waals surface area contributed by atoms with Gasteiger partial charge in [0, 0.05) is 6.42 Å². The number of hydrogen-bond acceptors (Lipinski definition) is 4. The van der Waals surface area contributed by atoms with Gasteiger partial charge in [0.25, 0.3) is 0 Å². The number of ether oxygens (including phenoxy) is 1. The summed E-state index contributed by atoms with van der Waals surface area (Å²) in [6, 6.07) is 9.88. The summed E-state index contributed by atoms with van der Waals surface area (Å²) in [5.74, 6) is 0.665. The summed E-state index contributed by atoms with van der Waals surface area (Å²) < 4.78 is 4.49. The Kier molecular flexibility index (Phi) is 2.73. The van der Waals surface area contributed by atoms with Crippen molar-refractivity contribution in [2.45, 2.75) is 6.42 Å². The van der Waals surface area contributed by atoms with E-state index in [2.05, 4.69) is 19.9 Å². The molecule has 0 amide bonds. The summed E-state index contributed by atoms with van der Waals surface area (Å²) in [5, 5.41) is 6.41. The van der Waals surface area contributed by atoms with Gasteiger partial charge in [-0.1, -0.05) is 30.3 Å². The van der Waals surface area contributed by atoms with Crippen molar-refractivity contribution in [1.82, 2.24) is 15.2 Å². The Hall–Kier alpha value is -2.17. The zero-order valence-corrected chi connectivity index (χ0v) is 7.88. The molecule has 0 saturated carbocycles. The van der Waals surface area contributed by atoms with E-state index in [1.54, 1.807) is 0 Å². The van der Waals surface area contributed by atoms with E-state index >= 15 is 0 Å². The van der Waals surface area contributed by atoms with Gasteiger partial charge < -0.3 is 4.74 Å². The maximum Gasteiger partial charge on any atom is 0.343 e. The van der Waals surface area contributed by atoms with Crippen LogP contribution < -0.4 is 4.74 Å². The molecule has 0 atom stereocenters. The van der Waals surface area contributed by atoms with Crippen molar-refractivity contribution in [2.75, 3.05) is 0 Å². The quantitative estimate of drug-likeness (QED) is 0.750. The molecule has 1 aromatic carbocycles. The average Bonchev–Trinajstić information content (AvgIpc) is 2.68. The number of nitrogens with one attached hydrogen (secondary N) is 1. The van der Waals surface area contributed by atoms with Gasteiger partial charge in [0.2, 0.25) is 0 Å². The van der Waals surface area contributed by atoms with Crippen molar-refractivity contribution in [3.63, 3.8) is 0 Å². The van der Waals surface area contributed by atoms with Gasteiger partial charge in [-0.15, -0.1) is 5.10 Å². The second kappa shape index (κ2) is 4.36. The molecular weight excluding hydrogens is 194 g/mol. The van der Waals surface area contributed by atoms with Crippen LogP contribution in [-0.4, -0.2) is 21.7 Å². The third-order valence-corrected chi connectivity index (χ3v) is 1.88. The minimum atomic E-state index is 0.0518. The molecule has 76 valence electrons. The maximum absolute atomic E-state index is 10.0. The van der Waals surface area contributed by atoms with Gasteiger partial charge in [0.1, 0.15) is 5.82 Å². The fraction of sp³-hybridized carbons (Fsp3) is 0.100. The fourth-order valence-corrected chi connectivity index (χ4v) is 1.24. The lowest BCUT2D eigenvalue weighted by Crippen LogP contribution is -1.91. The van der Waals surface area contributed by atoms with Crippen LogP contribution in [0.25, 0.3) is 0 Å². The Labute approximate surface area is 86.1 Å². The van der Waals surface area contributed by atoms with Gasteiger partial charge in [0.15, 0.2) is 0 Å². The Morgan fingerprint density at radius 1 is 1.33 bits per heavy atom. The second-order valence-corrected chi connectivity index (χ2v) is 2.94. The van der Waals surface area contributed by atoms with Crippen LogP contribution in [0.2, 0.25) is 0 Å². The molecule has 0 aliphatic heterocycles. The van der Waals surface area contributed by atoms with Crippen LogP contribution in [0.15, 0.2) is 30.3 Å². The number of H-pyrrole nitrogens is 1. The van der Waals surface area contributed by atoms with Gasteiger partial charge in [-0.05, 0) is 5.56 Å². The highest BCUT2D eigenvalue weighted by Crippen LogP contribution is 2.07. The predicted octanol–water partition coefficient (Wildman–Crippen LogP) is 0.931. The van der Waals surface area contributed by atoms with E-state index in [0.29, 0.717) is 18.7 Å². The summed E-state index contributed by atoms with van der Waals surface area (Å²) in [4.78, 5) is 14.0. The van der Waals surface area contributed by atoms with E-state index in [0.717, 1.165) is 5.56 Å². The number of rotatable bonds is 4. The number of aromatic nitrogens is 3. The van der Waals surface area contributed by atoms with Crippen molar-refractivity contribution in [3.8, 4) is 6.01 Å². The van der Waals surface area contributed by atoms with E-state index in [9.17, 15) is 4.79 Å². The molecule has 0 bridgehead atoms. The number of carbonyl (C=O) groups is 1. The van der Waals surface area contributed by atoms with Crippen LogP contribution in [-0.2, 0) is 11.2 Å². The highest BCUT2D eigenvalue weighted by molar-refractivity contribution is 5.41. The Morgan fingerprint density at radius 2 is 2.13 bits per heavy atom. The van der Waals surface area contributed by atoms with Gasteiger partial charge in [-0.25, -0.2) is 0 Å². The minimum Gasteiger partial charge on any atom is -0.392 e. The van der Waals surface area contributed by atoms with E-state index < -0.39 is 0 Å². The number of nitrogens with zero attached hydrogens (tertiary/aromatic N) is 2. The Balaban J connectivity index is 2.08. The molecule has 2 rings (SSSR count). The number of carbonyl (C=O) groups excluding carboxylic acids is 1. The highest BCUT2D eigenvalue weighted by atomic mass is 16.5. The molecule has 0 aliphatic carbocycles. The van der Waals surface area contributed by atoms with Crippen LogP contribution in [0.1, 0.15) is 11.4 Å². The molecule has 0 saturated heterocycles. The largest absolute Gasteiger partial charge is 0.392 e. The monoisotopic (exact) mass is 203 g/mol. The molecular formula is C10H9N3O2. The SMILES string of the molecule is O=COc1n[nH]c(Cc2ccccc2)n1. The topological polar surface area (TPSA) is 67.9 Å². The Morgan fingerprint density at radius 3 is 2.87 bits per heavy atom. The first-order chi connectivity index (χ1) is 7.38. The van der Waals surface area contributed by atoms with Gasteiger partial charge in [0.05, 0.1) is 0 Å². The van der Waals surface area contributed by atoms with Crippen molar-refractivity contribution in [2.24, 2.45) is 0 Å². The molecule has 0 spiro atoms. The van der Waals surface area contributed by atoms with Crippen LogP contribution in [0.5, 0.6) is 6.01 Å². The zero-order chi connectivity index (χ0) is 10.5. The van der Waals surface area contributed by atoms with Gasteiger partial charge in [-0.2, -0.15) is 4.98 Å². The first kappa shape index (κ1) is 9.39. The number of hydrogen-bond donors (Lipinski definition) is 1. The summed E-state index contributed by atoms with van der Waals surface area (Å²) in [7, 11) is 0. The molecule has 0 fully saturated rings. The van der Waals surface area contributed by atoms with Crippen LogP contribution in [0.3, 0.4) is 0 Å². The van der Waals surface area contributed by atoms with E-state index in [1.165, 1.54) is 0 Å². The highest BCUT2D eigenvalue weighted by Gasteiger charge is 2.03. The molecule has 1 heterocycles. The van der Waals surface area contributed by atoms with Crippen molar-refractivity contribution < 1.29 is 9.53 Å². The minimum absolute atomic E-state index is 0.0518. The third-order valence-electron chi connectivity index (χ3n) is 1.88. The van der Waals surface area contributed by atoms with E-state index in [1.807, 2.05) is 30.3 Å². The lowest BCUT2D eigenvalue weighted by atomic mass is 10.1. The van der Waals surface area contributed by atoms with Gasteiger partial charge in [-0.3, -0.25) is 9.89 Å². The lowest BCUT2D eigenvalue weighted by Gasteiger charge is -1.95. The molecule has 0 unspecified atom stereocenters. The fourth-order valence-electron chi connectivity index (χ4n) is 1.24.